The van der Waals surface area contributed by atoms with Gasteiger partial charge in [-0.15, -0.1) is 0 Å². The summed E-state index contributed by atoms with van der Waals surface area (Å²) in [6.07, 6.45) is 2.10. The normalized spacial score (nSPS) is 11.6. The van der Waals surface area contributed by atoms with Gasteiger partial charge in [0.25, 0.3) is 0 Å². The summed E-state index contributed by atoms with van der Waals surface area (Å²) in [7, 11) is 2.06. The molecule has 37 heavy (non-hydrogen) atoms. The van der Waals surface area contributed by atoms with Crippen molar-refractivity contribution < 1.29 is 13.4 Å². The van der Waals surface area contributed by atoms with Gasteiger partial charge in [0.2, 0.25) is 5.69 Å². The molecule has 6 rings (SSSR count). The van der Waals surface area contributed by atoms with Crippen molar-refractivity contribution in [3.05, 3.63) is 114 Å². The molecule has 0 aliphatic heterocycles. The van der Waals surface area contributed by atoms with E-state index in [0.29, 0.717) is 17.1 Å². The zero-order valence-corrected chi connectivity index (χ0v) is 21.5. The van der Waals surface area contributed by atoms with Crippen LogP contribution in [-0.4, -0.2) is 0 Å². The van der Waals surface area contributed by atoms with E-state index in [2.05, 4.69) is 75.0 Å². The van der Waals surface area contributed by atoms with E-state index in [4.69, 9.17) is 4.42 Å². The third-order valence-electron chi connectivity index (χ3n) is 7.34. The van der Waals surface area contributed by atoms with Crippen molar-refractivity contribution in [2.45, 2.75) is 26.7 Å². The second-order valence-electron chi connectivity index (χ2n) is 10.1. The van der Waals surface area contributed by atoms with E-state index in [1.807, 2.05) is 48.5 Å². The maximum absolute atomic E-state index is 15.4. The van der Waals surface area contributed by atoms with Crippen LogP contribution in [0.3, 0.4) is 0 Å². The van der Waals surface area contributed by atoms with Crippen molar-refractivity contribution in [3.8, 4) is 33.5 Å². The van der Waals surface area contributed by atoms with E-state index < -0.39 is 0 Å². The molecule has 3 heteroatoms. The van der Waals surface area contributed by atoms with Gasteiger partial charge in [0.05, 0.1) is 11.1 Å². The Hall–Kier alpha value is -4.24. The van der Waals surface area contributed by atoms with Gasteiger partial charge in [-0.05, 0) is 52.8 Å². The minimum absolute atomic E-state index is 0.287. The molecule has 0 saturated heterocycles. The monoisotopic (exact) mass is 486 g/mol. The van der Waals surface area contributed by atoms with Gasteiger partial charge in [-0.3, -0.25) is 0 Å². The van der Waals surface area contributed by atoms with Crippen molar-refractivity contribution >= 4 is 21.9 Å². The molecule has 2 heterocycles. The maximum atomic E-state index is 15.4. The molecular weight excluding hydrogens is 457 g/mol. The third kappa shape index (κ3) is 3.92. The molecule has 0 bridgehead atoms. The fourth-order valence-corrected chi connectivity index (χ4v) is 5.22. The second-order valence-corrected chi connectivity index (χ2v) is 10.1. The molecule has 0 atom stereocenters. The Kier molecular flexibility index (Phi) is 5.64. The lowest BCUT2D eigenvalue weighted by atomic mass is 9.96. The number of benzene rings is 4. The fraction of sp³-hybridized carbons (Fsp3) is 0.147. The lowest BCUT2D eigenvalue weighted by Crippen LogP contribution is -2.31. The van der Waals surface area contributed by atoms with Crippen LogP contribution < -0.4 is 4.57 Å². The van der Waals surface area contributed by atoms with Crippen LogP contribution in [0.5, 0.6) is 0 Å². The number of aromatic nitrogens is 1. The van der Waals surface area contributed by atoms with E-state index in [1.165, 1.54) is 5.56 Å². The number of pyridine rings is 1. The summed E-state index contributed by atoms with van der Waals surface area (Å²) in [4.78, 5) is 0. The molecule has 0 saturated carbocycles. The van der Waals surface area contributed by atoms with Crippen molar-refractivity contribution in [1.29, 1.82) is 0 Å². The van der Waals surface area contributed by atoms with E-state index in [9.17, 15) is 0 Å². The van der Waals surface area contributed by atoms with Crippen LogP contribution in [0.25, 0.3) is 55.4 Å². The van der Waals surface area contributed by atoms with Gasteiger partial charge in [-0.2, -0.15) is 0 Å². The fourth-order valence-electron chi connectivity index (χ4n) is 5.22. The first-order chi connectivity index (χ1) is 17.9. The molecule has 0 unspecified atom stereocenters. The Morgan fingerprint density at radius 2 is 1.32 bits per heavy atom. The molecular formula is C34H29FNO+. The summed E-state index contributed by atoms with van der Waals surface area (Å²) in [6, 6.07) is 30.2. The first-order valence-electron chi connectivity index (χ1n) is 12.7. The Morgan fingerprint density at radius 1 is 0.703 bits per heavy atom. The Labute approximate surface area is 216 Å². The first-order valence-corrected chi connectivity index (χ1v) is 12.7. The molecule has 2 nitrogen and oxygen atoms in total. The van der Waals surface area contributed by atoms with E-state index >= 15 is 4.39 Å². The van der Waals surface area contributed by atoms with E-state index in [1.54, 1.807) is 6.07 Å². The zero-order valence-electron chi connectivity index (χ0n) is 21.5. The average Bonchev–Trinajstić information content (AvgIpc) is 3.28. The lowest BCUT2D eigenvalue weighted by molar-refractivity contribution is -0.660. The van der Waals surface area contributed by atoms with E-state index in [-0.39, 0.29) is 5.82 Å². The third-order valence-corrected chi connectivity index (χ3v) is 7.34. The summed E-state index contributed by atoms with van der Waals surface area (Å²) in [5.41, 5.74) is 9.42. The summed E-state index contributed by atoms with van der Waals surface area (Å²) in [5, 5.41) is 1.91. The number of aryl methyl sites for hydroxylation is 2. The van der Waals surface area contributed by atoms with Crippen LogP contribution >= 0.6 is 0 Å². The lowest BCUT2D eigenvalue weighted by Gasteiger charge is -2.09. The zero-order chi connectivity index (χ0) is 25.7. The van der Waals surface area contributed by atoms with Crippen LogP contribution in [-0.2, 0) is 7.05 Å². The summed E-state index contributed by atoms with van der Waals surface area (Å²) < 4.78 is 24.1. The number of rotatable bonds is 4. The summed E-state index contributed by atoms with van der Waals surface area (Å²) in [5.74, 6) is 0.124. The Morgan fingerprint density at radius 3 is 2.03 bits per heavy atom. The van der Waals surface area contributed by atoms with Crippen LogP contribution in [0.1, 0.15) is 30.9 Å². The predicted molar refractivity (Wildman–Crippen MR) is 150 cm³/mol. The van der Waals surface area contributed by atoms with Gasteiger partial charge in [0, 0.05) is 22.9 Å². The Balaban J connectivity index is 1.58. The highest BCUT2D eigenvalue weighted by Crippen LogP contribution is 2.42. The molecule has 4 aromatic carbocycles. The molecule has 0 spiro atoms. The number of furan rings is 1. The van der Waals surface area contributed by atoms with Crippen LogP contribution in [0.2, 0.25) is 0 Å². The smallest absolute Gasteiger partial charge is 0.216 e. The van der Waals surface area contributed by atoms with Crippen molar-refractivity contribution in [3.63, 3.8) is 0 Å². The van der Waals surface area contributed by atoms with Crippen LogP contribution in [0, 0.1) is 12.7 Å². The van der Waals surface area contributed by atoms with E-state index in [0.717, 1.165) is 49.9 Å². The average molecular weight is 487 g/mol. The molecule has 0 aliphatic rings. The first kappa shape index (κ1) is 23.2. The van der Waals surface area contributed by atoms with Gasteiger partial charge in [-0.25, -0.2) is 8.96 Å². The van der Waals surface area contributed by atoms with Crippen molar-refractivity contribution in [1.82, 2.24) is 0 Å². The standard InChI is InChI=1S/C34H29FNO/c1-21(2)26-18-19-36(4)30(20-26)31-22(3)10-15-27-28-16-17-29(35)32(34(28)37-33(27)31)25-13-11-24(12-14-25)23-8-6-5-7-9-23/h5-21H,1-4H3/q+1. The van der Waals surface area contributed by atoms with Crippen LogP contribution in [0.15, 0.2) is 102 Å². The molecule has 6 aromatic rings. The van der Waals surface area contributed by atoms with Crippen LogP contribution in [0.4, 0.5) is 4.39 Å². The van der Waals surface area contributed by atoms with Gasteiger partial charge >= 0.3 is 0 Å². The second kappa shape index (κ2) is 9.01. The summed E-state index contributed by atoms with van der Waals surface area (Å²) in [6.45, 7) is 6.51. The van der Waals surface area contributed by atoms with Gasteiger partial charge in [0.15, 0.2) is 6.20 Å². The molecule has 2 aromatic heterocycles. The number of fused-ring (bicyclic) bond motifs is 3. The number of halogens is 1. The highest BCUT2D eigenvalue weighted by Gasteiger charge is 2.24. The van der Waals surface area contributed by atoms with Gasteiger partial charge in [0.1, 0.15) is 24.0 Å². The highest BCUT2D eigenvalue weighted by atomic mass is 19.1. The minimum atomic E-state index is -0.287. The maximum Gasteiger partial charge on any atom is 0.216 e. The molecule has 0 N–H and O–H groups in total. The molecule has 0 aliphatic carbocycles. The molecule has 0 radical (unpaired) electrons. The molecule has 0 amide bonds. The molecule has 0 fully saturated rings. The summed E-state index contributed by atoms with van der Waals surface area (Å²) >= 11 is 0. The number of hydrogen-bond acceptors (Lipinski definition) is 1. The number of nitrogens with zero attached hydrogens (tertiary/aromatic N) is 1. The van der Waals surface area contributed by atoms with Gasteiger partial charge in [-0.1, -0.05) is 80.6 Å². The largest absolute Gasteiger partial charge is 0.454 e. The van der Waals surface area contributed by atoms with Crippen molar-refractivity contribution in [2.24, 2.45) is 7.05 Å². The van der Waals surface area contributed by atoms with Crippen molar-refractivity contribution in [2.75, 3.05) is 0 Å². The topological polar surface area (TPSA) is 17.0 Å². The van der Waals surface area contributed by atoms with Gasteiger partial charge < -0.3 is 4.42 Å². The molecule has 182 valence electrons. The highest BCUT2D eigenvalue weighted by molar-refractivity contribution is 6.13. The minimum Gasteiger partial charge on any atom is -0.454 e. The SMILES string of the molecule is Cc1ccc2c(oc3c(-c4ccc(-c5ccccc5)cc4)c(F)ccc32)c1-c1cc(C(C)C)cc[n+]1C. The quantitative estimate of drug-likeness (QED) is 0.227. The number of hydrogen-bond donors (Lipinski definition) is 0. The Bertz CT molecular complexity index is 1760. The predicted octanol–water partition coefficient (Wildman–Crippen LogP) is 8.98.